The van der Waals surface area contributed by atoms with Gasteiger partial charge in [-0.1, -0.05) is 24.3 Å². The van der Waals surface area contributed by atoms with Crippen LogP contribution in [0.2, 0.25) is 0 Å². The number of nitrogens with one attached hydrogen (secondary N) is 1. The van der Waals surface area contributed by atoms with Crippen LogP contribution in [0.4, 0.5) is 5.69 Å². The first kappa shape index (κ1) is 17.3. The lowest BCUT2D eigenvalue weighted by Gasteiger charge is -2.26. The Morgan fingerprint density at radius 3 is 2.96 bits per heavy atom. The van der Waals surface area contributed by atoms with E-state index in [4.69, 9.17) is 10.5 Å². The van der Waals surface area contributed by atoms with Crippen molar-refractivity contribution < 1.29 is 9.53 Å². The van der Waals surface area contributed by atoms with Gasteiger partial charge in [0.25, 0.3) is 0 Å². The van der Waals surface area contributed by atoms with E-state index in [9.17, 15) is 4.79 Å². The first-order valence-electron chi connectivity index (χ1n) is 8.99. The summed E-state index contributed by atoms with van der Waals surface area (Å²) in [5.41, 5.74) is 10.2. The first-order chi connectivity index (χ1) is 12.1. The minimum Gasteiger partial charge on any atom is -0.493 e. The van der Waals surface area contributed by atoms with E-state index in [0.29, 0.717) is 19.4 Å². The van der Waals surface area contributed by atoms with E-state index in [1.807, 2.05) is 43.3 Å². The van der Waals surface area contributed by atoms with Crippen molar-refractivity contribution in [2.24, 2.45) is 0 Å². The highest BCUT2D eigenvalue weighted by Gasteiger charge is 2.21. The third kappa shape index (κ3) is 4.53. The molecule has 0 heterocycles. The van der Waals surface area contributed by atoms with Crippen molar-refractivity contribution >= 4 is 11.6 Å². The van der Waals surface area contributed by atoms with Crippen LogP contribution in [0.3, 0.4) is 0 Å². The zero-order valence-electron chi connectivity index (χ0n) is 14.8. The van der Waals surface area contributed by atoms with Crippen LogP contribution < -0.4 is 15.8 Å². The van der Waals surface area contributed by atoms with Crippen molar-refractivity contribution in [3.05, 3.63) is 59.2 Å². The van der Waals surface area contributed by atoms with E-state index < -0.39 is 0 Å². The average Bonchev–Trinajstić information content (AvgIpc) is 2.60. The van der Waals surface area contributed by atoms with E-state index in [2.05, 4.69) is 11.4 Å². The van der Waals surface area contributed by atoms with Crippen LogP contribution in [0.5, 0.6) is 5.75 Å². The van der Waals surface area contributed by atoms with Crippen LogP contribution in [0, 0.1) is 6.92 Å². The monoisotopic (exact) mass is 338 g/mol. The summed E-state index contributed by atoms with van der Waals surface area (Å²) in [6.07, 6.45) is 4.30. The van der Waals surface area contributed by atoms with Crippen molar-refractivity contribution in [1.82, 2.24) is 5.32 Å². The van der Waals surface area contributed by atoms with Gasteiger partial charge in [0.15, 0.2) is 0 Å². The Balaban J connectivity index is 1.47. The zero-order valence-corrected chi connectivity index (χ0v) is 14.8. The van der Waals surface area contributed by atoms with Crippen molar-refractivity contribution in [2.75, 3.05) is 12.3 Å². The Hall–Kier alpha value is -2.49. The fourth-order valence-corrected chi connectivity index (χ4v) is 3.38. The second-order valence-electron chi connectivity index (χ2n) is 6.69. The summed E-state index contributed by atoms with van der Waals surface area (Å²) in [6, 6.07) is 14.0. The Labute approximate surface area is 149 Å². The van der Waals surface area contributed by atoms with Gasteiger partial charge in [0.05, 0.1) is 12.6 Å². The minimum atomic E-state index is 0.0862. The summed E-state index contributed by atoms with van der Waals surface area (Å²) in [5, 5.41) is 3.17. The molecule has 2 aromatic carbocycles. The molecule has 0 bridgehead atoms. The number of nitrogens with two attached hydrogens (primary N) is 1. The van der Waals surface area contributed by atoms with Gasteiger partial charge < -0.3 is 15.8 Å². The van der Waals surface area contributed by atoms with Crippen molar-refractivity contribution in [1.29, 1.82) is 0 Å². The smallest absolute Gasteiger partial charge is 0.220 e. The van der Waals surface area contributed by atoms with Crippen molar-refractivity contribution in [3.63, 3.8) is 0 Å². The van der Waals surface area contributed by atoms with Crippen LogP contribution in [-0.2, 0) is 11.2 Å². The second-order valence-corrected chi connectivity index (χ2v) is 6.69. The van der Waals surface area contributed by atoms with Crippen LogP contribution in [0.1, 0.15) is 48.4 Å². The molecule has 0 aliphatic heterocycles. The summed E-state index contributed by atoms with van der Waals surface area (Å²) in [6.45, 7) is 2.57. The Morgan fingerprint density at radius 1 is 1.28 bits per heavy atom. The average molecular weight is 338 g/mol. The molecule has 0 saturated heterocycles. The van der Waals surface area contributed by atoms with E-state index in [1.165, 1.54) is 11.1 Å². The number of aryl methyl sites for hydroxylation is 2. The number of hydrogen-bond donors (Lipinski definition) is 2. The molecule has 0 saturated carbocycles. The van der Waals surface area contributed by atoms with Crippen molar-refractivity contribution in [3.8, 4) is 5.75 Å². The number of amides is 1. The predicted octanol–water partition coefficient (Wildman–Crippen LogP) is 3.93. The topological polar surface area (TPSA) is 64.3 Å². The Kier molecular flexibility index (Phi) is 5.59. The van der Waals surface area contributed by atoms with Crippen LogP contribution in [0.15, 0.2) is 42.5 Å². The van der Waals surface area contributed by atoms with Gasteiger partial charge in [-0.3, -0.25) is 4.79 Å². The van der Waals surface area contributed by atoms with Gasteiger partial charge >= 0.3 is 0 Å². The van der Waals surface area contributed by atoms with Gasteiger partial charge in [0, 0.05) is 12.1 Å². The largest absolute Gasteiger partial charge is 0.493 e. The number of ether oxygens (including phenoxy) is 1. The third-order valence-electron chi connectivity index (χ3n) is 4.72. The van der Waals surface area contributed by atoms with E-state index in [-0.39, 0.29) is 11.9 Å². The molecule has 0 spiro atoms. The molecule has 1 unspecified atom stereocenters. The molecule has 2 aromatic rings. The number of nitrogen functional groups attached to an aromatic ring is 1. The highest BCUT2D eigenvalue weighted by Crippen LogP contribution is 2.31. The van der Waals surface area contributed by atoms with Gasteiger partial charge in [-0.25, -0.2) is 0 Å². The molecule has 0 radical (unpaired) electrons. The molecule has 3 N–H and O–H groups in total. The normalized spacial score (nSPS) is 16.1. The first-order valence-corrected chi connectivity index (χ1v) is 8.99. The number of para-hydroxylation sites is 1. The molecule has 1 aliphatic rings. The minimum absolute atomic E-state index is 0.0862. The van der Waals surface area contributed by atoms with E-state index >= 15 is 0 Å². The lowest BCUT2D eigenvalue weighted by molar-refractivity contribution is -0.122. The molecule has 1 aliphatic carbocycles. The molecule has 3 rings (SSSR count). The predicted molar refractivity (Wildman–Crippen MR) is 101 cm³/mol. The third-order valence-corrected chi connectivity index (χ3v) is 4.72. The molecule has 4 heteroatoms. The molecule has 4 nitrogen and oxygen atoms in total. The van der Waals surface area contributed by atoms with Gasteiger partial charge in [-0.05, 0) is 67.5 Å². The molecule has 132 valence electrons. The maximum absolute atomic E-state index is 12.3. The number of anilines is 1. The summed E-state index contributed by atoms with van der Waals surface area (Å²) >= 11 is 0. The number of rotatable bonds is 6. The van der Waals surface area contributed by atoms with E-state index in [0.717, 1.165) is 36.3 Å². The second kappa shape index (κ2) is 8.06. The molecule has 1 atom stereocenters. The summed E-state index contributed by atoms with van der Waals surface area (Å²) in [7, 11) is 0. The SMILES string of the molecule is Cc1ccccc1OCCCC(=O)NC1CCCc2cc(N)ccc21. The fourth-order valence-electron chi connectivity index (χ4n) is 3.38. The Morgan fingerprint density at radius 2 is 2.12 bits per heavy atom. The Bertz CT molecular complexity index is 742. The molecular weight excluding hydrogens is 312 g/mol. The van der Waals surface area contributed by atoms with Gasteiger partial charge in [-0.2, -0.15) is 0 Å². The fraction of sp³-hybridized carbons (Fsp3) is 0.381. The summed E-state index contributed by atoms with van der Waals surface area (Å²) in [4.78, 5) is 12.3. The van der Waals surface area contributed by atoms with Crippen LogP contribution >= 0.6 is 0 Å². The molecule has 25 heavy (non-hydrogen) atoms. The lowest BCUT2D eigenvalue weighted by Crippen LogP contribution is -2.31. The number of carbonyl (C=O) groups excluding carboxylic acids is 1. The maximum atomic E-state index is 12.3. The van der Waals surface area contributed by atoms with E-state index in [1.54, 1.807) is 0 Å². The number of carbonyl (C=O) groups is 1. The lowest BCUT2D eigenvalue weighted by atomic mass is 9.87. The molecule has 0 aromatic heterocycles. The molecular formula is C21H26N2O2. The molecule has 1 amide bonds. The standard InChI is InChI=1S/C21H26N2O2/c1-15-6-2-3-9-20(15)25-13-5-10-21(24)23-19-8-4-7-16-14-17(22)11-12-18(16)19/h2-3,6,9,11-12,14,19H,4-5,7-8,10,13,22H2,1H3,(H,23,24). The van der Waals surface area contributed by atoms with Gasteiger partial charge in [-0.15, -0.1) is 0 Å². The van der Waals surface area contributed by atoms with Crippen molar-refractivity contribution in [2.45, 2.75) is 45.1 Å². The van der Waals surface area contributed by atoms with Gasteiger partial charge in [0.2, 0.25) is 5.91 Å². The van der Waals surface area contributed by atoms with Gasteiger partial charge in [0.1, 0.15) is 5.75 Å². The number of benzene rings is 2. The number of hydrogen-bond acceptors (Lipinski definition) is 3. The summed E-state index contributed by atoms with van der Waals surface area (Å²) < 4.78 is 5.75. The highest BCUT2D eigenvalue weighted by molar-refractivity contribution is 5.76. The van der Waals surface area contributed by atoms with Crippen LogP contribution in [-0.4, -0.2) is 12.5 Å². The highest BCUT2D eigenvalue weighted by atomic mass is 16.5. The quantitative estimate of drug-likeness (QED) is 0.619. The number of fused-ring (bicyclic) bond motifs is 1. The zero-order chi connectivity index (χ0) is 17.6. The van der Waals surface area contributed by atoms with Crippen LogP contribution in [0.25, 0.3) is 0 Å². The summed E-state index contributed by atoms with van der Waals surface area (Å²) in [5.74, 6) is 0.977. The maximum Gasteiger partial charge on any atom is 0.220 e. The molecule has 0 fully saturated rings.